The number of hydrogen-bond donors (Lipinski definition) is 2. The van der Waals surface area contributed by atoms with Crippen LogP contribution in [-0.2, 0) is 10.0 Å². The van der Waals surface area contributed by atoms with Gasteiger partial charge in [-0.05, 0) is 30.7 Å². The van der Waals surface area contributed by atoms with Crippen LogP contribution in [0.3, 0.4) is 0 Å². The summed E-state index contributed by atoms with van der Waals surface area (Å²) in [4.78, 5) is 4.08. The molecule has 1 heterocycles. The molecule has 0 bridgehead atoms. The van der Waals surface area contributed by atoms with Gasteiger partial charge < -0.3 is 5.73 Å². The number of rotatable bonds is 4. The number of pyridine rings is 1. The van der Waals surface area contributed by atoms with Gasteiger partial charge in [0.2, 0.25) is 10.0 Å². The van der Waals surface area contributed by atoms with Crippen molar-refractivity contribution in [1.82, 2.24) is 9.71 Å². The maximum absolute atomic E-state index is 12.3. The number of nitrogens with two attached hydrogens (primary N) is 1. The zero-order valence-electron chi connectivity index (χ0n) is 12.2. The van der Waals surface area contributed by atoms with Crippen LogP contribution in [0.5, 0.6) is 0 Å². The first-order chi connectivity index (χ1) is 10.0. The van der Waals surface area contributed by atoms with Crippen LogP contribution in [0.2, 0.25) is 0 Å². The Hall–Kier alpha value is -1.42. The Labute approximate surface area is 126 Å². The molecule has 0 amide bonds. The Morgan fingerprint density at radius 3 is 2.90 bits per heavy atom. The van der Waals surface area contributed by atoms with E-state index in [9.17, 15) is 8.42 Å². The Morgan fingerprint density at radius 1 is 1.43 bits per heavy atom. The number of sulfonamides is 1. The van der Waals surface area contributed by atoms with Crippen molar-refractivity contribution in [2.24, 2.45) is 17.6 Å². The van der Waals surface area contributed by atoms with Crippen LogP contribution in [0.1, 0.15) is 31.7 Å². The second kappa shape index (κ2) is 7.03. The maximum Gasteiger partial charge on any atom is 0.242 e. The average Bonchev–Trinajstić information content (AvgIpc) is 2.89. The van der Waals surface area contributed by atoms with Crippen molar-refractivity contribution in [3.63, 3.8) is 0 Å². The van der Waals surface area contributed by atoms with Crippen LogP contribution >= 0.6 is 0 Å². The lowest BCUT2D eigenvalue weighted by molar-refractivity contribution is 0.498. The molecule has 114 valence electrons. The van der Waals surface area contributed by atoms with Crippen molar-refractivity contribution in [1.29, 1.82) is 0 Å². The summed E-state index contributed by atoms with van der Waals surface area (Å²) in [7, 11) is -3.52. The van der Waals surface area contributed by atoms with E-state index < -0.39 is 10.0 Å². The highest BCUT2D eigenvalue weighted by molar-refractivity contribution is 7.89. The minimum absolute atomic E-state index is 0.150. The molecule has 2 rings (SSSR count). The molecule has 0 radical (unpaired) electrons. The predicted molar refractivity (Wildman–Crippen MR) is 81.9 cm³/mol. The third-order valence-corrected chi connectivity index (χ3v) is 5.11. The normalized spacial score (nSPS) is 21.8. The molecular weight excluding hydrogens is 286 g/mol. The van der Waals surface area contributed by atoms with Gasteiger partial charge in [-0.2, -0.15) is 0 Å². The molecule has 1 aromatic rings. The molecule has 5 nitrogen and oxygen atoms in total. The molecule has 1 saturated carbocycles. The Balaban J connectivity index is 2.05. The van der Waals surface area contributed by atoms with E-state index in [1.807, 2.05) is 0 Å². The number of nitrogens with zero attached hydrogens (tertiary/aromatic N) is 1. The van der Waals surface area contributed by atoms with E-state index in [2.05, 4.69) is 28.5 Å². The average molecular weight is 307 g/mol. The van der Waals surface area contributed by atoms with Crippen molar-refractivity contribution in [2.45, 2.75) is 31.1 Å². The second-order valence-electron chi connectivity index (χ2n) is 5.55. The first kappa shape index (κ1) is 16.0. The summed E-state index contributed by atoms with van der Waals surface area (Å²) in [5.74, 6) is 6.60. The molecule has 0 aliphatic heterocycles. The number of nitrogens with one attached hydrogen (secondary N) is 1. The Bertz CT molecular complexity index is 646. The van der Waals surface area contributed by atoms with Crippen molar-refractivity contribution < 1.29 is 8.42 Å². The van der Waals surface area contributed by atoms with Gasteiger partial charge in [0, 0.05) is 24.5 Å². The van der Waals surface area contributed by atoms with Crippen molar-refractivity contribution in [3.05, 3.63) is 24.0 Å². The molecule has 1 aliphatic rings. The van der Waals surface area contributed by atoms with E-state index in [4.69, 9.17) is 5.73 Å². The molecule has 1 aliphatic carbocycles. The number of hydrogen-bond acceptors (Lipinski definition) is 4. The van der Waals surface area contributed by atoms with Crippen LogP contribution in [-0.4, -0.2) is 26.5 Å². The SMILES string of the molecule is CC1CCC(CNS(=O)(=O)c2cncc(C#CCN)c2)C1. The van der Waals surface area contributed by atoms with Crippen molar-refractivity contribution in [2.75, 3.05) is 13.1 Å². The summed E-state index contributed by atoms with van der Waals surface area (Å²) in [5.41, 5.74) is 5.86. The van der Waals surface area contributed by atoms with Crippen LogP contribution in [0.4, 0.5) is 0 Å². The van der Waals surface area contributed by atoms with E-state index in [-0.39, 0.29) is 11.4 Å². The first-order valence-corrected chi connectivity index (χ1v) is 8.63. The summed E-state index contributed by atoms with van der Waals surface area (Å²) in [6.45, 7) is 2.93. The van der Waals surface area contributed by atoms with Gasteiger partial charge in [0.25, 0.3) is 0 Å². The summed E-state index contributed by atoms with van der Waals surface area (Å²) in [6, 6.07) is 1.52. The smallest absolute Gasteiger partial charge is 0.242 e. The fourth-order valence-electron chi connectivity index (χ4n) is 2.61. The molecule has 2 unspecified atom stereocenters. The quantitative estimate of drug-likeness (QED) is 0.816. The van der Waals surface area contributed by atoms with Crippen LogP contribution < -0.4 is 10.5 Å². The molecule has 0 spiro atoms. The minimum atomic E-state index is -3.52. The second-order valence-corrected chi connectivity index (χ2v) is 7.32. The Kier molecular flexibility index (Phi) is 5.34. The fraction of sp³-hybridized carbons (Fsp3) is 0.533. The van der Waals surface area contributed by atoms with E-state index in [1.165, 1.54) is 24.9 Å². The van der Waals surface area contributed by atoms with Gasteiger partial charge >= 0.3 is 0 Å². The summed E-state index contributed by atoms with van der Waals surface area (Å²) >= 11 is 0. The van der Waals surface area contributed by atoms with Crippen LogP contribution in [0.25, 0.3) is 0 Å². The predicted octanol–water partition coefficient (Wildman–Crippen LogP) is 1.11. The highest BCUT2D eigenvalue weighted by Crippen LogP contribution is 2.29. The highest BCUT2D eigenvalue weighted by Gasteiger charge is 2.23. The zero-order valence-corrected chi connectivity index (χ0v) is 13.0. The third kappa shape index (κ3) is 4.53. The molecule has 1 aromatic heterocycles. The van der Waals surface area contributed by atoms with E-state index in [0.717, 1.165) is 12.8 Å². The zero-order chi connectivity index (χ0) is 15.3. The van der Waals surface area contributed by atoms with E-state index in [0.29, 0.717) is 23.9 Å². The van der Waals surface area contributed by atoms with Gasteiger partial charge in [-0.15, -0.1) is 0 Å². The monoisotopic (exact) mass is 307 g/mol. The maximum atomic E-state index is 12.3. The lowest BCUT2D eigenvalue weighted by atomic mass is 10.1. The lowest BCUT2D eigenvalue weighted by Crippen LogP contribution is -2.28. The minimum Gasteiger partial charge on any atom is -0.320 e. The van der Waals surface area contributed by atoms with Gasteiger partial charge in [-0.25, -0.2) is 13.1 Å². The molecular formula is C15H21N3O2S. The topological polar surface area (TPSA) is 85.1 Å². The van der Waals surface area contributed by atoms with Gasteiger partial charge in [0.1, 0.15) is 4.90 Å². The molecule has 1 fully saturated rings. The van der Waals surface area contributed by atoms with E-state index in [1.54, 1.807) is 0 Å². The molecule has 21 heavy (non-hydrogen) atoms. The lowest BCUT2D eigenvalue weighted by Gasteiger charge is -2.11. The van der Waals surface area contributed by atoms with Gasteiger partial charge in [0.05, 0.1) is 6.54 Å². The van der Waals surface area contributed by atoms with Crippen molar-refractivity contribution in [3.8, 4) is 11.8 Å². The highest BCUT2D eigenvalue weighted by atomic mass is 32.2. The molecule has 2 atom stereocenters. The largest absolute Gasteiger partial charge is 0.320 e. The molecule has 0 aromatic carbocycles. The standard InChI is InChI=1S/C15H21N3O2S/c1-12-4-5-14(7-12)10-18-21(19,20)15-8-13(3-2-6-16)9-17-11-15/h8-9,11-12,14,18H,4-7,10,16H2,1H3. The number of aromatic nitrogens is 1. The van der Waals surface area contributed by atoms with Gasteiger partial charge in [-0.1, -0.05) is 25.2 Å². The third-order valence-electron chi connectivity index (χ3n) is 3.72. The van der Waals surface area contributed by atoms with Crippen molar-refractivity contribution >= 4 is 10.0 Å². The van der Waals surface area contributed by atoms with Gasteiger partial charge in [-0.3, -0.25) is 4.98 Å². The summed E-state index contributed by atoms with van der Waals surface area (Å²) in [5, 5.41) is 0. The van der Waals surface area contributed by atoms with Gasteiger partial charge in [0.15, 0.2) is 0 Å². The Morgan fingerprint density at radius 2 is 2.24 bits per heavy atom. The van der Waals surface area contributed by atoms with Crippen LogP contribution in [0.15, 0.2) is 23.4 Å². The summed E-state index contributed by atoms with van der Waals surface area (Å²) in [6.07, 6.45) is 6.22. The first-order valence-electron chi connectivity index (χ1n) is 7.15. The molecule has 6 heteroatoms. The van der Waals surface area contributed by atoms with Crippen LogP contribution in [0, 0.1) is 23.7 Å². The molecule has 0 saturated heterocycles. The fourth-order valence-corrected chi connectivity index (χ4v) is 3.71. The molecule has 3 N–H and O–H groups in total. The van der Waals surface area contributed by atoms with E-state index >= 15 is 0 Å². The summed E-state index contributed by atoms with van der Waals surface area (Å²) < 4.78 is 27.2.